The molecule has 1 aliphatic heterocycles. The van der Waals surface area contributed by atoms with Crippen LogP contribution in [0, 0.1) is 13.8 Å². The summed E-state index contributed by atoms with van der Waals surface area (Å²) in [6, 6.07) is 12.0. The van der Waals surface area contributed by atoms with Gasteiger partial charge in [-0.15, -0.1) is 0 Å². The van der Waals surface area contributed by atoms with Crippen molar-refractivity contribution >= 4 is 0 Å². The van der Waals surface area contributed by atoms with E-state index in [0.29, 0.717) is 11.7 Å². The summed E-state index contributed by atoms with van der Waals surface area (Å²) in [6.07, 6.45) is 4.86. The molecular formula is C23H28N4O2. The van der Waals surface area contributed by atoms with Crippen LogP contribution in [0.2, 0.25) is 0 Å². The molecule has 6 nitrogen and oxygen atoms in total. The Hall–Kier alpha value is -2.73. The van der Waals surface area contributed by atoms with Gasteiger partial charge in [-0.2, -0.15) is 4.98 Å². The zero-order valence-corrected chi connectivity index (χ0v) is 17.2. The second-order valence-corrected chi connectivity index (χ2v) is 7.71. The molecule has 0 N–H and O–H groups in total. The Bertz CT molecular complexity index is 897. The molecule has 29 heavy (non-hydrogen) atoms. The summed E-state index contributed by atoms with van der Waals surface area (Å²) in [5.41, 5.74) is 3.16. The predicted molar refractivity (Wildman–Crippen MR) is 112 cm³/mol. The van der Waals surface area contributed by atoms with Crippen molar-refractivity contribution < 1.29 is 9.26 Å². The van der Waals surface area contributed by atoms with Crippen molar-refractivity contribution in [2.24, 2.45) is 0 Å². The number of hydrogen-bond donors (Lipinski definition) is 0. The Morgan fingerprint density at radius 3 is 2.59 bits per heavy atom. The minimum Gasteiger partial charge on any atom is -0.493 e. The van der Waals surface area contributed by atoms with Crippen LogP contribution >= 0.6 is 0 Å². The van der Waals surface area contributed by atoms with Gasteiger partial charge in [-0.05, 0) is 69.5 Å². The van der Waals surface area contributed by atoms with E-state index in [1.165, 1.54) is 11.1 Å². The van der Waals surface area contributed by atoms with Gasteiger partial charge in [0.1, 0.15) is 11.4 Å². The number of ether oxygens (including phenoxy) is 1. The number of pyridine rings is 1. The molecule has 3 heterocycles. The molecule has 0 saturated carbocycles. The van der Waals surface area contributed by atoms with Crippen molar-refractivity contribution in [2.45, 2.75) is 39.0 Å². The molecule has 0 spiro atoms. The lowest BCUT2D eigenvalue weighted by Gasteiger charge is -2.30. The maximum absolute atomic E-state index is 6.03. The molecule has 3 aromatic rings. The van der Waals surface area contributed by atoms with Gasteiger partial charge < -0.3 is 14.2 Å². The van der Waals surface area contributed by atoms with Gasteiger partial charge in [0.2, 0.25) is 11.7 Å². The molecule has 152 valence electrons. The topological polar surface area (TPSA) is 64.3 Å². The summed E-state index contributed by atoms with van der Waals surface area (Å²) < 4.78 is 11.6. The fraction of sp³-hybridized carbons (Fsp3) is 0.435. The molecule has 0 radical (unpaired) electrons. The lowest BCUT2D eigenvalue weighted by Crippen LogP contribution is -2.34. The van der Waals surface area contributed by atoms with Gasteiger partial charge in [-0.1, -0.05) is 29.4 Å². The Kier molecular flexibility index (Phi) is 6.20. The van der Waals surface area contributed by atoms with Gasteiger partial charge in [0.15, 0.2) is 0 Å². The highest BCUT2D eigenvalue weighted by molar-refractivity contribution is 5.47. The highest BCUT2D eigenvalue weighted by atomic mass is 16.5. The van der Waals surface area contributed by atoms with Crippen LogP contribution in [0.5, 0.6) is 5.75 Å². The number of benzene rings is 1. The third kappa shape index (κ3) is 4.82. The van der Waals surface area contributed by atoms with Crippen molar-refractivity contribution in [3.8, 4) is 17.3 Å². The summed E-state index contributed by atoms with van der Waals surface area (Å²) in [5, 5.41) is 4.11. The number of rotatable bonds is 7. The van der Waals surface area contributed by atoms with Crippen molar-refractivity contribution in [1.82, 2.24) is 20.0 Å². The molecule has 2 aromatic heterocycles. The van der Waals surface area contributed by atoms with E-state index in [0.717, 1.165) is 62.8 Å². The first-order chi connectivity index (χ1) is 14.2. The van der Waals surface area contributed by atoms with Gasteiger partial charge in [0.25, 0.3) is 0 Å². The standard InChI is InChI=1S/C23H28N4O2/c1-17-7-5-8-18(2)21(17)28-16-6-13-27-14-10-19(11-15-27)23-25-22(26-29-23)20-9-3-4-12-24-20/h3-5,7-9,12,19H,6,10-11,13-16H2,1-2H3. The number of hydrogen-bond acceptors (Lipinski definition) is 6. The molecule has 4 rings (SSSR count). The van der Waals surface area contributed by atoms with Gasteiger partial charge in [-0.25, -0.2) is 0 Å². The molecule has 0 amide bonds. The van der Waals surface area contributed by atoms with Gasteiger partial charge in [0, 0.05) is 18.7 Å². The van der Waals surface area contributed by atoms with Crippen LogP contribution < -0.4 is 4.74 Å². The molecule has 6 heteroatoms. The Balaban J connectivity index is 1.21. The van der Waals surface area contributed by atoms with Crippen LogP contribution in [0.15, 0.2) is 47.1 Å². The Morgan fingerprint density at radius 1 is 1.07 bits per heavy atom. The highest BCUT2D eigenvalue weighted by Gasteiger charge is 2.25. The Labute approximate surface area is 171 Å². The zero-order chi connectivity index (χ0) is 20.1. The fourth-order valence-electron chi connectivity index (χ4n) is 3.89. The molecule has 1 saturated heterocycles. The first kappa shape index (κ1) is 19.6. The van der Waals surface area contributed by atoms with Gasteiger partial charge >= 0.3 is 0 Å². The van der Waals surface area contributed by atoms with Gasteiger partial charge in [-0.3, -0.25) is 4.98 Å². The van der Waals surface area contributed by atoms with E-state index in [9.17, 15) is 0 Å². The smallest absolute Gasteiger partial charge is 0.230 e. The second kappa shape index (κ2) is 9.18. The minimum atomic E-state index is 0.335. The molecular weight excluding hydrogens is 364 g/mol. The van der Waals surface area contributed by atoms with E-state index in [4.69, 9.17) is 9.26 Å². The minimum absolute atomic E-state index is 0.335. The van der Waals surface area contributed by atoms with Crippen LogP contribution in [-0.4, -0.2) is 46.3 Å². The molecule has 0 bridgehead atoms. The van der Waals surface area contributed by atoms with Crippen LogP contribution in [0.1, 0.15) is 42.2 Å². The molecule has 0 atom stereocenters. The average Bonchev–Trinajstić information content (AvgIpc) is 3.24. The number of piperidine rings is 1. The number of aromatic nitrogens is 3. The highest BCUT2D eigenvalue weighted by Crippen LogP contribution is 2.28. The number of para-hydroxylation sites is 1. The molecule has 1 aliphatic rings. The summed E-state index contributed by atoms with van der Waals surface area (Å²) in [5.74, 6) is 2.68. The maximum atomic E-state index is 6.03. The zero-order valence-electron chi connectivity index (χ0n) is 17.2. The third-order valence-corrected chi connectivity index (χ3v) is 5.55. The lowest BCUT2D eigenvalue weighted by molar-refractivity contribution is 0.179. The fourth-order valence-corrected chi connectivity index (χ4v) is 3.89. The van der Waals surface area contributed by atoms with E-state index < -0.39 is 0 Å². The summed E-state index contributed by atoms with van der Waals surface area (Å²) >= 11 is 0. The normalized spacial score (nSPS) is 15.5. The molecule has 1 fully saturated rings. The Morgan fingerprint density at radius 2 is 1.86 bits per heavy atom. The SMILES string of the molecule is Cc1cccc(C)c1OCCCN1CCC(c2nc(-c3ccccn3)no2)CC1. The first-order valence-corrected chi connectivity index (χ1v) is 10.4. The third-order valence-electron chi connectivity index (χ3n) is 5.55. The van der Waals surface area contributed by atoms with E-state index in [2.05, 4.69) is 52.1 Å². The van der Waals surface area contributed by atoms with E-state index in [-0.39, 0.29) is 0 Å². The monoisotopic (exact) mass is 392 g/mol. The first-order valence-electron chi connectivity index (χ1n) is 10.4. The van der Waals surface area contributed by atoms with E-state index >= 15 is 0 Å². The summed E-state index contributed by atoms with van der Waals surface area (Å²) in [7, 11) is 0. The van der Waals surface area contributed by atoms with Gasteiger partial charge in [0.05, 0.1) is 6.61 Å². The number of nitrogens with zero attached hydrogens (tertiary/aromatic N) is 4. The van der Waals surface area contributed by atoms with Crippen molar-refractivity contribution in [3.63, 3.8) is 0 Å². The maximum Gasteiger partial charge on any atom is 0.230 e. The van der Waals surface area contributed by atoms with Crippen molar-refractivity contribution in [3.05, 3.63) is 59.6 Å². The van der Waals surface area contributed by atoms with Crippen LogP contribution in [-0.2, 0) is 0 Å². The summed E-state index contributed by atoms with van der Waals surface area (Å²) in [4.78, 5) is 11.4. The number of aryl methyl sites for hydroxylation is 2. The van der Waals surface area contributed by atoms with Crippen LogP contribution in [0.3, 0.4) is 0 Å². The molecule has 0 unspecified atom stereocenters. The average molecular weight is 393 g/mol. The van der Waals surface area contributed by atoms with Crippen LogP contribution in [0.4, 0.5) is 0 Å². The lowest BCUT2D eigenvalue weighted by atomic mass is 9.96. The number of likely N-dealkylation sites (tertiary alicyclic amines) is 1. The largest absolute Gasteiger partial charge is 0.493 e. The summed E-state index contributed by atoms with van der Waals surface area (Å²) in [6.45, 7) is 8.11. The quantitative estimate of drug-likeness (QED) is 0.556. The molecule has 0 aliphatic carbocycles. The predicted octanol–water partition coefficient (Wildman–Crippen LogP) is 4.40. The van der Waals surface area contributed by atoms with Crippen LogP contribution in [0.25, 0.3) is 11.5 Å². The van der Waals surface area contributed by atoms with Crippen molar-refractivity contribution in [1.29, 1.82) is 0 Å². The van der Waals surface area contributed by atoms with E-state index in [1.54, 1.807) is 6.20 Å². The van der Waals surface area contributed by atoms with Crippen molar-refractivity contribution in [2.75, 3.05) is 26.2 Å². The molecule has 1 aromatic carbocycles. The van der Waals surface area contributed by atoms with E-state index in [1.807, 2.05) is 18.2 Å². The second-order valence-electron chi connectivity index (χ2n) is 7.71.